The fourth-order valence-electron chi connectivity index (χ4n) is 3.58. The zero-order chi connectivity index (χ0) is 18.9. The molecule has 0 spiro atoms. The number of aromatic hydroxyl groups is 1. The summed E-state index contributed by atoms with van der Waals surface area (Å²) < 4.78 is 0. The molecule has 2 aromatic carbocycles. The standard InChI is InChI=1S/C21H20N6O/c28-19-6-5-13(14-10-23-24-11-14)9-17(19)21-26-18-4-2-1-3-16(18)20(27-21)25-15-7-8-22-12-15/h1-6,9-11,15,22,28H,7-8,12H2,(H,23,24)(H,25,26,27)/t15-/m0/s1. The van der Waals surface area contributed by atoms with Crippen LogP contribution in [0.25, 0.3) is 33.4 Å². The van der Waals surface area contributed by atoms with Crippen molar-refractivity contribution in [2.45, 2.75) is 12.5 Å². The van der Waals surface area contributed by atoms with E-state index >= 15 is 0 Å². The number of hydrogen-bond donors (Lipinski definition) is 4. The molecule has 0 aliphatic carbocycles. The van der Waals surface area contributed by atoms with Crippen LogP contribution in [0.3, 0.4) is 0 Å². The second kappa shape index (κ2) is 6.94. The molecule has 140 valence electrons. The molecule has 5 rings (SSSR count). The molecule has 7 heteroatoms. The number of aromatic amines is 1. The van der Waals surface area contributed by atoms with E-state index in [0.717, 1.165) is 47.4 Å². The van der Waals surface area contributed by atoms with E-state index in [9.17, 15) is 5.11 Å². The Morgan fingerprint density at radius 3 is 2.82 bits per heavy atom. The van der Waals surface area contributed by atoms with E-state index in [-0.39, 0.29) is 5.75 Å². The molecule has 0 radical (unpaired) electrons. The van der Waals surface area contributed by atoms with Crippen LogP contribution in [0.4, 0.5) is 5.82 Å². The van der Waals surface area contributed by atoms with Gasteiger partial charge in [-0.25, -0.2) is 9.97 Å². The molecule has 1 aliphatic heterocycles. The fourth-order valence-corrected chi connectivity index (χ4v) is 3.58. The number of hydrogen-bond acceptors (Lipinski definition) is 6. The number of anilines is 1. The Balaban J connectivity index is 1.63. The van der Waals surface area contributed by atoms with Gasteiger partial charge in [0, 0.05) is 29.7 Å². The molecular formula is C21H20N6O. The van der Waals surface area contributed by atoms with Crippen molar-refractivity contribution in [1.82, 2.24) is 25.5 Å². The zero-order valence-corrected chi connectivity index (χ0v) is 15.2. The van der Waals surface area contributed by atoms with Crippen molar-refractivity contribution in [3.8, 4) is 28.3 Å². The van der Waals surface area contributed by atoms with E-state index in [4.69, 9.17) is 9.97 Å². The molecule has 1 fully saturated rings. The van der Waals surface area contributed by atoms with E-state index in [2.05, 4.69) is 20.8 Å². The summed E-state index contributed by atoms with van der Waals surface area (Å²) in [5, 5.41) is 25.2. The van der Waals surface area contributed by atoms with E-state index in [0.29, 0.717) is 17.4 Å². The van der Waals surface area contributed by atoms with E-state index in [1.807, 2.05) is 42.6 Å². The second-order valence-corrected chi connectivity index (χ2v) is 6.97. The summed E-state index contributed by atoms with van der Waals surface area (Å²) >= 11 is 0. The first-order chi connectivity index (χ1) is 13.8. The molecule has 4 N–H and O–H groups in total. The molecule has 0 bridgehead atoms. The van der Waals surface area contributed by atoms with Crippen LogP contribution in [0, 0.1) is 0 Å². The van der Waals surface area contributed by atoms with Gasteiger partial charge in [-0.1, -0.05) is 18.2 Å². The Morgan fingerprint density at radius 1 is 1.07 bits per heavy atom. The summed E-state index contributed by atoms with van der Waals surface area (Å²) in [5.74, 6) is 1.44. The lowest BCUT2D eigenvalue weighted by Gasteiger charge is -2.16. The minimum atomic E-state index is 0.149. The van der Waals surface area contributed by atoms with Gasteiger partial charge >= 0.3 is 0 Å². The molecule has 4 aromatic rings. The summed E-state index contributed by atoms with van der Waals surface area (Å²) in [7, 11) is 0. The van der Waals surface area contributed by atoms with Gasteiger partial charge < -0.3 is 15.7 Å². The molecule has 3 heterocycles. The highest BCUT2D eigenvalue weighted by Crippen LogP contribution is 2.34. The number of aromatic nitrogens is 4. The smallest absolute Gasteiger partial charge is 0.165 e. The predicted octanol–water partition coefficient (Wildman–Crippen LogP) is 3.17. The minimum Gasteiger partial charge on any atom is -0.507 e. The van der Waals surface area contributed by atoms with Crippen LogP contribution in [0.2, 0.25) is 0 Å². The average Bonchev–Trinajstić information content (AvgIpc) is 3.42. The normalized spacial score (nSPS) is 16.5. The van der Waals surface area contributed by atoms with Crippen molar-refractivity contribution in [1.29, 1.82) is 0 Å². The summed E-state index contributed by atoms with van der Waals surface area (Å²) in [6.07, 6.45) is 4.61. The van der Waals surface area contributed by atoms with Crippen molar-refractivity contribution in [3.05, 3.63) is 54.9 Å². The Bertz CT molecular complexity index is 1120. The van der Waals surface area contributed by atoms with Crippen molar-refractivity contribution in [2.75, 3.05) is 18.4 Å². The highest BCUT2D eigenvalue weighted by molar-refractivity contribution is 5.91. The van der Waals surface area contributed by atoms with Crippen LogP contribution in [-0.2, 0) is 0 Å². The van der Waals surface area contributed by atoms with Gasteiger partial charge in [0.25, 0.3) is 0 Å². The van der Waals surface area contributed by atoms with Gasteiger partial charge in [-0.2, -0.15) is 5.10 Å². The first-order valence-electron chi connectivity index (χ1n) is 9.34. The summed E-state index contributed by atoms with van der Waals surface area (Å²) in [6, 6.07) is 13.7. The molecule has 1 saturated heterocycles. The summed E-state index contributed by atoms with van der Waals surface area (Å²) in [5.41, 5.74) is 3.32. The van der Waals surface area contributed by atoms with Gasteiger partial charge in [0.15, 0.2) is 5.82 Å². The van der Waals surface area contributed by atoms with Crippen LogP contribution in [0.5, 0.6) is 5.75 Å². The lowest BCUT2D eigenvalue weighted by atomic mass is 10.0. The Hall–Kier alpha value is -3.45. The van der Waals surface area contributed by atoms with Crippen LogP contribution in [-0.4, -0.2) is 44.4 Å². The molecule has 0 amide bonds. The predicted molar refractivity (Wildman–Crippen MR) is 109 cm³/mol. The molecule has 1 atom stereocenters. The fraction of sp³-hybridized carbons (Fsp3) is 0.190. The first kappa shape index (κ1) is 16.7. The lowest BCUT2D eigenvalue weighted by Crippen LogP contribution is -2.23. The molecule has 28 heavy (non-hydrogen) atoms. The van der Waals surface area contributed by atoms with Gasteiger partial charge in [0.05, 0.1) is 17.3 Å². The number of para-hydroxylation sites is 1. The van der Waals surface area contributed by atoms with Crippen LogP contribution < -0.4 is 10.6 Å². The van der Waals surface area contributed by atoms with E-state index in [1.54, 1.807) is 12.3 Å². The van der Waals surface area contributed by atoms with Gasteiger partial charge in [0.2, 0.25) is 0 Å². The van der Waals surface area contributed by atoms with Gasteiger partial charge in [-0.05, 0) is 42.8 Å². The number of phenols is 1. The number of rotatable bonds is 4. The van der Waals surface area contributed by atoms with Crippen molar-refractivity contribution in [3.63, 3.8) is 0 Å². The average molecular weight is 372 g/mol. The molecule has 0 unspecified atom stereocenters. The highest BCUT2D eigenvalue weighted by Gasteiger charge is 2.18. The topological polar surface area (TPSA) is 98.8 Å². The molecule has 0 saturated carbocycles. The third-order valence-electron chi connectivity index (χ3n) is 5.07. The van der Waals surface area contributed by atoms with Gasteiger partial charge in [0.1, 0.15) is 11.6 Å². The maximum Gasteiger partial charge on any atom is 0.165 e. The Kier molecular flexibility index (Phi) is 4.14. The van der Waals surface area contributed by atoms with Crippen LogP contribution >= 0.6 is 0 Å². The highest BCUT2D eigenvalue weighted by atomic mass is 16.3. The van der Waals surface area contributed by atoms with Gasteiger partial charge in [-0.3, -0.25) is 5.10 Å². The number of nitrogens with one attached hydrogen (secondary N) is 3. The number of nitrogens with zero attached hydrogens (tertiary/aromatic N) is 3. The zero-order valence-electron chi connectivity index (χ0n) is 15.2. The summed E-state index contributed by atoms with van der Waals surface area (Å²) in [4.78, 5) is 9.50. The largest absolute Gasteiger partial charge is 0.507 e. The summed E-state index contributed by atoms with van der Waals surface area (Å²) in [6.45, 7) is 1.91. The molecule has 2 aromatic heterocycles. The quantitative estimate of drug-likeness (QED) is 0.439. The number of H-pyrrole nitrogens is 1. The van der Waals surface area contributed by atoms with E-state index in [1.165, 1.54) is 0 Å². The van der Waals surface area contributed by atoms with Crippen molar-refractivity contribution in [2.24, 2.45) is 0 Å². The SMILES string of the molecule is Oc1ccc(-c2cn[nH]c2)cc1-c1nc(N[C@H]2CCNC2)c2ccccc2n1. The number of benzene rings is 2. The maximum atomic E-state index is 10.5. The van der Waals surface area contributed by atoms with Crippen molar-refractivity contribution < 1.29 is 5.11 Å². The first-order valence-corrected chi connectivity index (χ1v) is 9.34. The van der Waals surface area contributed by atoms with Crippen molar-refractivity contribution >= 4 is 16.7 Å². The number of phenolic OH excluding ortho intramolecular Hbond substituents is 1. The second-order valence-electron chi connectivity index (χ2n) is 6.97. The third kappa shape index (κ3) is 3.05. The van der Waals surface area contributed by atoms with Crippen LogP contribution in [0.1, 0.15) is 6.42 Å². The molecule has 7 nitrogen and oxygen atoms in total. The maximum absolute atomic E-state index is 10.5. The van der Waals surface area contributed by atoms with Crippen LogP contribution in [0.15, 0.2) is 54.9 Å². The third-order valence-corrected chi connectivity index (χ3v) is 5.07. The van der Waals surface area contributed by atoms with E-state index < -0.39 is 0 Å². The lowest BCUT2D eigenvalue weighted by molar-refractivity contribution is 0.477. The monoisotopic (exact) mass is 372 g/mol. The number of fused-ring (bicyclic) bond motifs is 1. The molecule has 1 aliphatic rings. The minimum absolute atomic E-state index is 0.149. The van der Waals surface area contributed by atoms with Gasteiger partial charge in [-0.15, -0.1) is 0 Å². The molecular weight excluding hydrogens is 352 g/mol. The Labute approximate surface area is 161 Å². The Morgan fingerprint density at radius 2 is 2.00 bits per heavy atom.